The lowest BCUT2D eigenvalue weighted by Gasteiger charge is -2.37. The van der Waals surface area contributed by atoms with E-state index in [0.717, 1.165) is 57.8 Å². The molecule has 1 saturated heterocycles. The summed E-state index contributed by atoms with van der Waals surface area (Å²) in [6.07, 6.45) is 8.98. The number of carbonyl (C=O) groups is 5. The van der Waals surface area contributed by atoms with Crippen LogP contribution < -0.4 is 21.7 Å². The molecule has 5 fully saturated rings. The molecular weight excluding hydrogens is 486 g/mol. The topological polar surface area (TPSA) is 151 Å². The molecule has 1 heterocycles. The monoisotopic (exact) mass is 529 g/mol. The zero-order valence-electron chi connectivity index (χ0n) is 22.9. The number of hydrogen-bond acceptors (Lipinski definition) is 5. The molecule has 4 saturated carbocycles. The minimum atomic E-state index is -1.06. The van der Waals surface area contributed by atoms with E-state index in [1.54, 1.807) is 4.90 Å². The van der Waals surface area contributed by atoms with E-state index in [0.29, 0.717) is 18.9 Å². The number of nitrogens with two attached hydrogens (primary N) is 1. The average Bonchev–Trinajstić information content (AvgIpc) is 3.83. The zero-order chi connectivity index (χ0) is 27.4. The number of piperidine rings is 1. The fourth-order valence-electron chi connectivity index (χ4n) is 6.95. The van der Waals surface area contributed by atoms with E-state index in [1.807, 2.05) is 6.92 Å². The van der Waals surface area contributed by atoms with E-state index in [2.05, 4.69) is 29.8 Å². The number of carbonyl (C=O) groups excluding carboxylic acids is 5. The lowest BCUT2D eigenvalue weighted by molar-refractivity contribution is -0.144. The van der Waals surface area contributed by atoms with Gasteiger partial charge in [-0.05, 0) is 68.1 Å². The maximum absolute atomic E-state index is 14.1. The molecule has 5 atom stereocenters. The van der Waals surface area contributed by atoms with Crippen molar-refractivity contribution in [3.8, 4) is 0 Å². The third-order valence-corrected chi connectivity index (χ3v) is 9.99. The summed E-state index contributed by atoms with van der Waals surface area (Å²) in [7, 11) is 0. The number of Topliss-reactive ketones (excluding diaryl/α,β-unsaturated/α-hetero) is 1. The highest BCUT2D eigenvalue weighted by Gasteiger charge is 2.69. The summed E-state index contributed by atoms with van der Waals surface area (Å²) in [6, 6.07) is -2.76. The second kappa shape index (κ2) is 9.83. The molecule has 1 aliphatic heterocycles. The van der Waals surface area contributed by atoms with E-state index < -0.39 is 35.7 Å². The van der Waals surface area contributed by atoms with Crippen LogP contribution >= 0.6 is 0 Å². The summed E-state index contributed by atoms with van der Waals surface area (Å²) in [5.74, 6) is -2.05. The normalized spacial score (nSPS) is 30.4. The van der Waals surface area contributed by atoms with Gasteiger partial charge in [0.05, 0.1) is 6.04 Å². The number of fused-ring (bicyclic) bond motifs is 1. The first-order valence-corrected chi connectivity index (χ1v) is 14.4. The molecule has 0 spiro atoms. The molecule has 0 aromatic carbocycles. The van der Waals surface area contributed by atoms with E-state index in [1.165, 1.54) is 0 Å². The van der Waals surface area contributed by atoms with Crippen LogP contribution in [0.1, 0.15) is 85.0 Å². The summed E-state index contributed by atoms with van der Waals surface area (Å²) in [5.41, 5.74) is 4.96. The molecule has 38 heavy (non-hydrogen) atoms. The largest absolute Gasteiger partial charge is 0.363 e. The third-order valence-electron chi connectivity index (χ3n) is 9.99. The smallest absolute Gasteiger partial charge is 0.315 e. The second-order valence-electron chi connectivity index (χ2n) is 13.4. The van der Waals surface area contributed by atoms with Crippen molar-refractivity contribution in [1.82, 2.24) is 20.9 Å². The number of rotatable bonds is 10. The van der Waals surface area contributed by atoms with Gasteiger partial charge in [-0.1, -0.05) is 46.0 Å². The number of urea groups is 1. The van der Waals surface area contributed by atoms with Crippen LogP contribution in [0.15, 0.2) is 0 Å². The van der Waals surface area contributed by atoms with Crippen molar-refractivity contribution in [2.24, 2.45) is 34.8 Å². The van der Waals surface area contributed by atoms with Crippen LogP contribution in [0.25, 0.3) is 0 Å². The number of likely N-dealkylation sites (tertiary alicyclic amines) is 1. The van der Waals surface area contributed by atoms with E-state index in [4.69, 9.17) is 5.73 Å². The Labute approximate surface area is 224 Å². The highest BCUT2D eigenvalue weighted by atomic mass is 16.2. The molecule has 10 nitrogen and oxygen atoms in total. The standard InChI is InChI=1S/C28H43N5O5/c1-27(2)17-14-33(21(19(17)27)24(36)30-18(13-15-9-10-15)22(34)23(29)35)25(37)20(16-7-5-4-6-8-16)31-26(38)32-28(3)11-12-28/h15-21H,4-14H2,1-3H3,(H2,29,35)(H,30,36)(H2,31,32,38)/t17-,18?,19-,20-,21-/m0/s1. The zero-order valence-corrected chi connectivity index (χ0v) is 22.9. The van der Waals surface area contributed by atoms with Gasteiger partial charge in [0.25, 0.3) is 5.91 Å². The summed E-state index contributed by atoms with van der Waals surface area (Å²) < 4.78 is 0. The molecule has 210 valence electrons. The van der Waals surface area contributed by atoms with Crippen LogP contribution in [0.3, 0.4) is 0 Å². The summed E-state index contributed by atoms with van der Waals surface area (Å²) in [4.78, 5) is 66.6. The van der Waals surface area contributed by atoms with Crippen molar-refractivity contribution >= 4 is 29.5 Å². The molecular formula is C28H43N5O5. The van der Waals surface area contributed by atoms with Gasteiger partial charge in [-0.25, -0.2) is 4.79 Å². The maximum atomic E-state index is 14.1. The van der Waals surface area contributed by atoms with Gasteiger partial charge in [0.15, 0.2) is 0 Å². The molecule has 10 heteroatoms. The number of ketones is 1. The SMILES string of the molecule is CC1(NC(=O)N[C@H](C(=O)N2C[C@H]3[C@@H]([C@H]2C(=O)NC(CC2CC2)C(=O)C(N)=O)C3(C)C)C2CCCCC2)CC1. The number of hydrogen-bond donors (Lipinski definition) is 4. The Balaban J connectivity index is 1.35. The van der Waals surface area contributed by atoms with E-state index >= 15 is 0 Å². The molecule has 5 amide bonds. The van der Waals surface area contributed by atoms with Gasteiger partial charge in [0.2, 0.25) is 17.6 Å². The Morgan fingerprint density at radius 3 is 2.18 bits per heavy atom. The van der Waals surface area contributed by atoms with Crippen molar-refractivity contribution in [3.63, 3.8) is 0 Å². The highest BCUT2D eigenvalue weighted by molar-refractivity contribution is 6.37. The van der Waals surface area contributed by atoms with Crippen molar-refractivity contribution < 1.29 is 24.0 Å². The van der Waals surface area contributed by atoms with Gasteiger partial charge in [-0.2, -0.15) is 0 Å². The fraction of sp³-hybridized carbons (Fsp3) is 0.821. The van der Waals surface area contributed by atoms with Crippen LogP contribution in [0.2, 0.25) is 0 Å². The molecule has 5 N–H and O–H groups in total. The summed E-state index contributed by atoms with van der Waals surface area (Å²) >= 11 is 0. The third kappa shape index (κ3) is 5.41. The first-order chi connectivity index (χ1) is 17.9. The molecule has 0 aromatic heterocycles. The Morgan fingerprint density at radius 2 is 1.61 bits per heavy atom. The highest BCUT2D eigenvalue weighted by Crippen LogP contribution is 2.65. The van der Waals surface area contributed by atoms with Crippen molar-refractivity contribution in [2.45, 2.75) is 109 Å². The van der Waals surface area contributed by atoms with E-state index in [-0.39, 0.29) is 40.6 Å². The van der Waals surface area contributed by atoms with Crippen LogP contribution in [0, 0.1) is 29.1 Å². The number of nitrogens with one attached hydrogen (secondary N) is 3. The second-order valence-corrected chi connectivity index (χ2v) is 13.4. The Morgan fingerprint density at radius 1 is 0.947 bits per heavy atom. The molecule has 1 unspecified atom stereocenters. The van der Waals surface area contributed by atoms with Gasteiger partial charge >= 0.3 is 6.03 Å². The Bertz CT molecular complexity index is 1010. The first-order valence-electron chi connectivity index (χ1n) is 14.4. The minimum absolute atomic E-state index is 0.0155. The maximum Gasteiger partial charge on any atom is 0.315 e. The summed E-state index contributed by atoms with van der Waals surface area (Å²) in [6.45, 7) is 6.63. The van der Waals surface area contributed by atoms with Crippen molar-refractivity contribution in [2.75, 3.05) is 6.54 Å². The molecule has 0 aromatic rings. The van der Waals surface area contributed by atoms with Crippen LogP contribution in [-0.2, 0) is 19.2 Å². The Kier molecular flexibility index (Phi) is 6.97. The molecule has 0 radical (unpaired) electrons. The van der Waals surface area contributed by atoms with Gasteiger partial charge in [0.1, 0.15) is 12.1 Å². The Hall–Kier alpha value is -2.65. The first kappa shape index (κ1) is 26.9. The number of amides is 5. The van der Waals surface area contributed by atoms with Crippen molar-refractivity contribution in [3.05, 3.63) is 0 Å². The van der Waals surface area contributed by atoms with Gasteiger partial charge in [0, 0.05) is 12.1 Å². The van der Waals surface area contributed by atoms with E-state index in [9.17, 15) is 24.0 Å². The van der Waals surface area contributed by atoms with Gasteiger partial charge in [-0.3, -0.25) is 19.2 Å². The molecule has 4 aliphatic carbocycles. The minimum Gasteiger partial charge on any atom is -0.363 e. The van der Waals surface area contributed by atoms with Crippen molar-refractivity contribution in [1.29, 1.82) is 0 Å². The average molecular weight is 530 g/mol. The van der Waals surface area contributed by atoms with Crippen LogP contribution in [0.5, 0.6) is 0 Å². The lowest BCUT2D eigenvalue weighted by Crippen LogP contribution is -2.60. The number of primary amides is 1. The quantitative estimate of drug-likeness (QED) is 0.317. The lowest BCUT2D eigenvalue weighted by atomic mass is 9.83. The van der Waals surface area contributed by atoms with Gasteiger partial charge in [-0.15, -0.1) is 0 Å². The van der Waals surface area contributed by atoms with Crippen LogP contribution in [-0.4, -0.2) is 64.6 Å². The molecule has 5 rings (SSSR count). The fourth-order valence-corrected chi connectivity index (χ4v) is 6.95. The van der Waals surface area contributed by atoms with Gasteiger partial charge < -0.3 is 26.6 Å². The molecule has 0 bridgehead atoms. The predicted octanol–water partition coefficient (Wildman–Crippen LogP) is 1.61. The summed E-state index contributed by atoms with van der Waals surface area (Å²) in [5, 5.41) is 8.80. The predicted molar refractivity (Wildman–Crippen MR) is 139 cm³/mol. The number of nitrogens with zero attached hydrogens (tertiary/aromatic N) is 1. The van der Waals surface area contributed by atoms with Crippen LogP contribution in [0.4, 0.5) is 4.79 Å². The molecule has 5 aliphatic rings.